The van der Waals surface area contributed by atoms with E-state index in [1.54, 1.807) is 0 Å². The van der Waals surface area contributed by atoms with Gasteiger partial charge in [-0.3, -0.25) is 9.59 Å². The van der Waals surface area contributed by atoms with Crippen LogP contribution in [-0.4, -0.2) is 23.1 Å². The van der Waals surface area contributed by atoms with E-state index in [1.807, 2.05) is 0 Å². The molecule has 0 aromatic heterocycles. The normalized spacial score (nSPS) is 12.6. The maximum Gasteiger partial charge on any atom is 0.306 e. The lowest BCUT2D eigenvalue weighted by atomic mass is 10.0. The Hall–Kier alpha value is -1.84. The third-order valence-electron chi connectivity index (χ3n) is 8.58. The van der Waals surface area contributed by atoms with Crippen molar-refractivity contribution in [2.75, 3.05) is 0 Å². The minimum absolute atomic E-state index is 0.0196. The fraction of sp³-hybridized carbons (Fsp3) is 0.805. The molecule has 0 fully saturated rings. The van der Waals surface area contributed by atoms with Crippen LogP contribution in [0.2, 0.25) is 0 Å². The maximum atomic E-state index is 12.6. The highest BCUT2D eigenvalue weighted by Crippen LogP contribution is 2.18. The summed E-state index contributed by atoms with van der Waals surface area (Å²) >= 11 is 0. The summed E-state index contributed by atoms with van der Waals surface area (Å²) in [5, 5.41) is 8.81. The first-order valence-electron chi connectivity index (χ1n) is 19.5. The number of carboxylic acid groups (broad SMARTS) is 1. The number of ether oxygens (including phenoxy) is 1. The first-order valence-corrected chi connectivity index (χ1v) is 19.5. The van der Waals surface area contributed by atoms with Crippen LogP contribution in [-0.2, 0) is 14.3 Å². The molecule has 0 saturated carbocycles. The average Bonchev–Trinajstić information content (AvgIpc) is 3.02. The first kappa shape index (κ1) is 43.2. The molecule has 0 saturated heterocycles. The average molecular weight is 631 g/mol. The number of carbonyl (C=O) groups is 2. The van der Waals surface area contributed by atoms with Gasteiger partial charge in [-0.2, -0.15) is 0 Å². The van der Waals surface area contributed by atoms with E-state index in [-0.39, 0.29) is 18.5 Å². The van der Waals surface area contributed by atoms with Gasteiger partial charge in [0.1, 0.15) is 6.10 Å². The Balaban J connectivity index is 4.09. The van der Waals surface area contributed by atoms with Gasteiger partial charge >= 0.3 is 11.9 Å². The summed E-state index contributed by atoms with van der Waals surface area (Å²) in [5.74, 6) is -0.733. The topological polar surface area (TPSA) is 63.6 Å². The molecule has 1 atom stereocenters. The molecule has 0 amide bonds. The van der Waals surface area contributed by atoms with E-state index >= 15 is 0 Å². The fourth-order valence-corrected chi connectivity index (χ4v) is 5.68. The summed E-state index contributed by atoms with van der Waals surface area (Å²) in [5.41, 5.74) is 0. The monoisotopic (exact) mass is 631 g/mol. The van der Waals surface area contributed by atoms with Gasteiger partial charge in [0.15, 0.2) is 0 Å². The zero-order valence-electron chi connectivity index (χ0n) is 29.9. The van der Waals surface area contributed by atoms with E-state index in [0.717, 1.165) is 83.5 Å². The molecule has 0 aliphatic heterocycles. The molecular formula is C41H74O4. The van der Waals surface area contributed by atoms with E-state index in [4.69, 9.17) is 9.84 Å². The van der Waals surface area contributed by atoms with Crippen LogP contribution in [0.15, 0.2) is 36.5 Å². The summed E-state index contributed by atoms with van der Waals surface area (Å²) < 4.78 is 5.97. The van der Waals surface area contributed by atoms with Crippen LogP contribution in [0.4, 0.5) is 0 Å². The second-order valence-corrected chi connectivity index (χ2v) is 13.1. The fourth-order valence-electron chi connectivity index (χ4n) is 5.68. The lowest BCUT2D eigenvalue weighted by molar-refractivity contribution is -0.150. The molecule has 0 radical (unpaired) electrons. The number of unbranched alkanes of at least 4 members (excludes halogenated alkanes) is 20. The van der Waals surface area contributed by atoms with Crippen molar-refractivity contribution in [1.29, 1.82) is 0 Å². The van der Waals surface area contributed by atoms with E-state index < -0.39 is 5.97 Å². The SMILES string of the molecule is CCCCCC/C=C\C/C=C\CCCCCCCC(=O)OC(CCC/C=C\CCCCCCCC)CCCCCCCC(=O)O. The molecule has 0 aliphatic rings. The maximum absolute atomic E-state index is 12.6. The van der Waals surface area contributed by atoms with Crippen LogP contribution in [0.25, 0.3) is 0 Å². The summed E-state index contributed by atoms with van der Waals surface area (Å²) in [7, 11) is 0. The molecule has 262 valence electrons. The highest BCUT2D eigenvalue weighted by atomic mass is 16.5. The van der Waals surface area contributed by atoms with Crippen molar-refractivity contribution in [2.45, 2.75) is 213 Å². The second-order valence-electron chi connectivity index (χ2n) is 13.1. The Kier molecular flexibility index (Phi) is 35.1. The number of rotatable bonds is 35. The predicted octanol–water partition coefficient (Wildman–Crippen LogP) is 13.4. The van der Waals surface area contributed by atoms with Crippen LogP contribution >= 0.6 is 0 Å². The number of allylic oxidation sites excluding steroid dienone is 6. The number of esters is 1. The van der Waals surface area contributed by atoms with Gasteiger partial charge in [0.05, 0.1) is 0 Å². The highest BCUT2D eigenvalue weighted by Gasteiger charge is 2.14. The van der Waals surface area contributed by atoms with E-state index in [1.165, 1.54) is 96.3 Å². The number of hydrogen-bond acceptors (Lipinski definition) is 3. The second kappa shape index (κ2) is 36.6. The summed E-state index contributed by atoms with van der Waals surface area (Å²) in [6.07, 6.45) is 47.3. The van der Waals surface area contributed by atoms with Crippen LogP contribution in [0, 0.1) is 0 Å². The lowest BCUT2D eigenvalue weighted by Crippen LogP contribution is -2.18. The quantitative estimate of drug-likeness (QED) is 0.0430. The smallest absolute Gasteiger partial charge is 0.306 e. The number of carbonyl (C=O) groups excluding carboxylic acids is 1. The van der Waals surface area contributed by atoms with Crippen molar-refractivity contribution in [3.8, 4) is 0 Å². The van der Waals surface area contributed by atoms with Crippen molar-refractivity contribution in [3.63, 3.8) is 0 Å². The van der Waals surface area contributed by atoms with Gasteiger partial charge in [0, 0.05) is 12.8 Å². The van der Waals surface area contributed by atoms with Gasteiger partial charge in [-0.1, -0.05) is 140 Å². The molecule has 4 nitrogen and oxygen atoms in total. The minimum Gasteiger partial charge on any atom is -0.481 e. The van der Waals surface area contributed by atoms with Gasteiger partial charge in [-0.25, -0.2) is 0 Å². The van der Waals surface area contributed by atoms with Crippen molar-refractivity contribution in [2.24, 2.45) is 0 Å². The molecule has 0 aromatic rings. The largest absolute Gasteiger partial charge is 0.481 e. The summed E-state index contributed by atoms with van der Waals surface area (Å²) in [6, 6.07) is 0. The van der Waals surface area contributed by atoms with Crippen LogP contribution in [0.5, 0.6) is 0 Å². The molecule has 4 heteroatoms. The number of carboxylic acids is 1. The summed E-state index contributed by atoms with van der Waals surface area (Å²) in [4.78, 5) is 23.3. The molecule has 0 aromatic carbocycles. The Morgan fingerprint density at radius 2 is 0.889 bits per heavy atom. The van der Waals surface area contributed by atoms with Gasteiger partial charge in [0.25, 0.3) is 0 Å². The Morgan fingerprint density at radius 3 is 1.44 bits per heavy atom. The zero-order valence-corrected chi connectivity index (χ0v) is 29.9. The van der Waals surface area contributed by atoms with Crippen LogP contribution in [0.3, 0.4) is 0 Å². The molecule has 0 rings (SSSR count). The minimum atomic E-state index is -0.706. The summed E-state index contributed by atoms with van der Waals surface area (Å²) in [6.45, 7) is 4.52. The number of aliphatic carboxylic acids is 1. The first-order chi connectivity index (χ1) is 22.1. The number of hydrogen-bond donors (Lipinski definition) is 1. The third kappa shape index (κ3) is 36.5. The van der Waals surface area contributed by atoms with Crippen LogP contribution in [0.1, 0.15) is 206 Å². The highest BCUT2D eigenvalue weighted by molar-refractivity contribution is 5.69. The molecule has 0 bridgehead atoms. The van der Waals surface area contributed by atoms with Crippen molar-refractivity contribution >= 4 is 11.9 Å². The van der Waals surface area contributed by atoms with E-state index in [2.05, 4.69) is 50.3 Å². The molecule has 45 heavy (non-hydrogen) atoms. The van der Waals surface area contributed by atoms with E-state index in [0.29, 0.717) is 6.42 Å². The lowest BCUT2D eigenvalue weighted by Gasteiger charge is -2.18. The van der Waals surface area contributed by atoms with Gasteiger partial charge in [-0.15, -0.1) is 0 Å². The molecule has 0 aliphatic carbocycles. The van der Waals surface area contributed by atoms with Crippen molar-refractivity contribution in [1.82, 2.24) is 0 Å². The third-order valence-corrected chi connectivity index (χ3v) is 8.58. The predicted molar refractivity (Wildman–Crippen MR) is 195 cm³/mol. The molecule has 0 spiro atoms. The molecule has 0 heterocycles. The van der Waals surface area contributed by atoms with Gasteiger partial charge in [0.2, 0.25) is 0 Å². The Bertz CT molecular complexity index is 723. The van der Waals surface area contributed by atoms with Crippen LogP contribution < -0.4 is 0 Å². The van der Waals surface area contributed by atoms with Gasteiger partial charge in [-0.05, 0) is 89.9 Å². The van der Waals surface area contributed by atoms with E-state index in [9.17, 15) is 9.59 Å². The Morgan fingerprint density at radius 1 is 0.489 bits per heavy atom. The molecular weight excluding hydrogens is 556 g/mol. The van der Waals surface area contributed by atoms with Crippen molar-refractivity contribution in [3.05, 3.63) is 36.5 Å². The molecule has 1 unspecified atom stereocenters. The van der Waals surface area contributed by atoms with Crippen molar-refractivity contribution < 1.29 is 19.4 Å². The standard InChI is InChI=1S/C41H74O4/c1-3-5-7-9-11-13-15-16-17-18-19-21-23-25-30-34-38-41(44)45-39(36-32-28-26-29-33-37-40(42)43)35-31-27-24-22-20-14-12-10-8-6-4-2/h13,15,17-18,22,24,39H,3-12,14,16,19-21,23,25-38H2,1-2H3,(H,42,43)/b15-13-,18-17-,24-22-. The molecule has 1 N–H and O–H groups in total. The van der Waals surface area contributed by atoms with Gasteiger partial charge < -0.3 is 9.84 Å². The Labute approximate surface area is 279 Å². The zero-order chi connectivity index (χ0) is 32.9.